The number of benzene rings is 1. The highest BCUT2D eigenvalue weighted by Crippen LogP contribution is 2.25. The van der Waals surface area contributed by atoms with Gasteiger partial charge < -0.3 is 14.6 Å². The second-order valence-corrected chi connectivity index (χ2v) is 3.56. The standard InChI is InChI=1S/C8H10N2O2S/c11-13(12)10-7-2-1-6-3-4-9-8(6)5-7/h1-2,5,9-10H,3-4H2,(H,11,12)/p-1. The molecule has 2 rings (SSSR count). The Kier molecular flexibility index (Phi) is 2.20. The van der Waals surface area contributed by atoms with E-state index in [0.717, 1.165) is 18.7 Å². The maximum atomic E-state index is 10.3. The van der Waals surface area contributed by atoms with E-state index in [1.165, 1.54) is 5.56 Å². The van der Waals surface area contributed by atoms with E-state index in [2.05, 4.69) is 10.0 Å². The van der Waals surface area contributed by atoms with Crippen LogP contribution in [0.3, 0.4) is 0 Å². The van der Waals surface area contributed by atoms with Gasteiger partial charge in [-0.1, -0.05) is 6.07 Å². The molecule has 0 radical (unpaired) electrons. The van der Waals surface area contributed by atoms with E-state index in [4.69, 9.17) is 0 Å². The fourth-order valence-electron chi connectivity index (χ4n) is 1.45. The molecule has 0 amide bonds. The molecule has 1 aromatic rings. The SMILES string of the molecule is O=S([O-])Nc1ccc2c(c1)NCC2. The number of rotatable bonds is 2. The van der Waals surface area contributed by atoms with Gasteiger partial charge in [-0.3, -0.25) is 4.21 Å². The zero-order chi connectivity index (χ0) is 9.26. The monoisotopic (exact) mass is 197 g/mol. The van der Waals surface area contributed by atoms with Gasteiger partial charge >= 0.3 is 0 Å². The van der Waals surface area contributed by atoms with Crippen LogP contribution in [0, 0.1) is 0 Å². The normalized spacial score (nSPS) is 16.1. The molecule has 1 atom stereocenters. The molecule has 0 aliphatic carbocycles. The zero-order valence-electron chi connectivity index (χ0n) is 6.87. The van der Waals surface area contributed by atoms with Crippen LogP contribution in [-0.4, -0.2) is 15.3 Å². The van der Waals surface area contributed by atoms with Gasteiger partial charge in [-0.25, -0.2) is 0 Å². The van der Waals surface area contributed by atoms with Crippen LogP contribution in [0.2, 0.25) is 0 Å². The van der Waals surface area contributed by atoms with E-state index in [9.17, 15) is 8.76 Å². The lowest BCUT2D eigenvalue weighted by Gasteiger charge is -2.09. The van der Waals surface area contributed by atoms with Crippen molar-refractivity contribution < 1.29 is 8.76 Å². The summed E-state index contributed by atoms with van der Waals surface area (Å²) in [6.07, 6.45) is 1.01. The Hall–Kier alpha value is -1.07. The summed E-state index contributed by atoms with van der Waals surface area (Å²) >= 11 is -2.24. The summed E-state index contributed by atoms with van der Waals surface area (Å²) < 4.78 is 23.0. The van der Waals surface area contributed by atoms with Gasteiger partial charge in [0.15, 0.2) is 0 Å². The Morgan fingerprint density at radius 1 is 1.54 bits per heavy atom. The lowest BCUT2D eigenvalue weighted by atomic mass is 10.1. The van der Waals surface area contributed by atoms with E-state index in [1.54, 1.807) is 12.1 Å². The average Bonchev–Trinajstić information content (AvgIpc) is 2.49. The molecular weight excluding hydrogens is 188 g/mol. The molecule has 1 aliphatic rings. The Balaban J connectivity index is 2.25. The number of hydrogen-bond acceptors (Lipinski definition) is 3. The summed E-state index contributed by atoms with van der Waals surface area (Å²) in [5.74, 6) is 0. The minimum atomic E-state index is -2.24. The van der Waals surface area contributed by atoms with Gasteiger partial charge in [0, 0.05) is 29.2 Å². The third-order valence-electron chi connectivity index (χ3n) is 2.02. The fourth-order valence-corrected chi connectivity index (χ4v) is 1.77. The second kappa shape index (κ2) is 3.35. The van der Waals surface area contributed by atoms with Crippen LogP contribution in [-0.2, 0) is 17.7 Å². The van der Waals surface area contributed by atoms with Crippen LogP contribution in [0.5, 0.6) is 0 Å². The third-order valence-corrected chi connectivity index (χ3v) is 2.42. The molecule has 1 heterocycles. The fraction of sp³-hybridized carbons (Fsp3) is 0.250. The number of anilines is 2. The lowest BCUT2D eigenvalue weighted by molar-refractivity contribution is 0.542. The molecule has 0 bridgehead atoms. The Morgan fingerprint density at radius 2 is 2.38 bits per heavy atom. The third kappa shape index (κ3) is 1.81. The molecule has 0 saturated heterocycles. The zero-order valence-corrected chi connectivity index (χ0v) is 7.69. The van der Waals surface area contributed by atoms with Crippen molar-refractivity contribution in [1.82, 2.24) is 0 Å². The summed E-state index contributed by atoms with van der Waals surface area (Å²) in [7, 11) is 0. The van der Waals surface area contributed by atoms with E-state index in [-0.39, 0.29) is 0 Å². The largest absolute Gasteiger partial charge is 0.755 e. The molecule has 5 heteroatoms. The van der Waals surface area contributed by atoms with Gasteiger partial charge in [-0.2, -0.15) is 0 Å². The summed E-state index contributed by atoms with van der Waals surface area (Å²) in [5, 5.41) is 3.17. The van der Waals surface area contributed by atoms with Crippen LogP contribution < -0.4 is 10.0 Å². The minimum absolute atomic E-state index is 0.599. The first-order valence-corrected chi connectivity index (χ1v) is 5.06. The van der Waals surface area contributed by atoms with Gasteiger partial charge in [0.2, 0.25) is 0 Å². The molecule has 0 aromatic heterocycles. The smallest absolute Gasteiger partial charge is 0.0473 e. The van der Waals surface area contributed by atoms with E-state index in [1.807, 2.05) is 6.07 Å². The number of fused-ring (bicyclic) bond motifs is 1. The first kappa shape index (κ1) is 8.52. The van der Waals surface area contributed by atoms with Crippen molar-refractivity contribution in [2.45, 2.75) is 6.42 Å². The maximum absolute atomic E-state index is 10.3. The van der Waals surface area contributed by atoms with Gasteiger partial charge in [0.05, 0.1) is 0 Å². The summed E-state index contributed by atoms with van der Waals surface area (Å²) in [4.78, 5) is 0. The van der Waals surface area contributed by atoms with Gasteiger partial charge in [-0.05, 0) is 24.1 Å². The molecule has 0 spiro atoms. The molecule has 1 unspecified atom stereocenters. The Morgan fingerprint density at radius 3 is 3.15 bits per heavy atom. The molecule has 1 aliphatic heterocycles. The number of nitrogens with one attached hydrogen (secondary N) is 2. The molecular formula is C8H9N2O2S-. The Bertz CT molecular complexity index is 354. The van der Waals surface area contributed by atoms with Crippen molar-refractivity contribution in [2.24, 2.45) is 0 Å². The van der Waals surface area contributed by atoms with Crippen LogP contribution in [0.15, 0.2) is 18.2 Å². The first-order chi connectivity index (χ1) is 6.25. The highest BCUT2D eigenvalue weighted by Gasteiger charge is 2.09. The summed E-state index contributed by atoms with van der Waals surface area (Å²) in [6.45, 7) is 0.930. The predicted molar refractivity (Wildman–Crippen MR) is 51.2 cm³/mol. The van der Waals surface area contributed by atoms with Crippen LogP contribution >= 0.6 is 0 Å². The molecule has 2 N–H and O–H groups in total. The van der Waals surface area contributed by atoms with E-state index >= 15 is 0 Å². The predicted octanol–water partition coefficient (Wildman–Crippen LogP) is 0.861. The first-order valence-electron chi connectivity index (χ1n) is 3.98. The van der Waals surface area contributed by atoms with Crippen molar-refractivity contribution in [2.75, 3.05) is 16.6 Å². The van der Waals surface area contributed by atoms with Crippen molar-refractivity contribution in [3.63, 3.8) is 0 Å². The maximum Gasteiger partial charge on any atom is 0.0473 e. The summed E-state index contributed by atoms with van der Waals surface area (Å²) in [6, 6.07) is 5.50. The molecule has 70 valence electrons. The van der Waals surface area contributed by atoms with Gasteiger partial charge in [0.25, 0.3) is 0 Å². The number of hydrogen-bond donors (Lipinski definition) is 2. The van der Waals surface area contributed by atoms with Gasteiger partial charge in [-0.15, -0.1) is 0 Å². The molecule has 4 nitrogen and oxygen atoms in total. The second-order valence-electron chi connectivity index (χ2n) is 2.89. The van der Waals surface area contributed by atoms with Crippen molar-refractivity contribution in [3.8, 4) is 0 Å². The average molecular weight is 197 g/mol. The van der Waals surface area contributed by atoms with E-state index in [0.29, 0.717) is 5.69 Å². The minimum Gasteiger partial charge on any atom is -0.755 e. The molecule has 13 heavy (non-hydrogen) atoms. The topological polar surface area (TPSA) is 64.2 Å². The van der Waals surface area contributed by atoms with Crippen LogP contribution in [0.1, 0.15) is 5.56 Å². The molecule has 1 aromatic carbocycles. The van der Waals surface area contributed by atoms with Crippen LogP contribution in [0.4, 0.5) is 11.4 Å². The van der Waals surface area contributed by atoms with E-state index < -0.39 is 11.3 Å². The highest BCUT2D eigenvalue weighted by atomic mass is 32.2. The highest BCUT2D eigenvalue weighted by molar-refractivity contribution is 7.80. The van der Waals surface area contributed by atoms with Crippen molar-refractivity contribution in [1.29, 1.82) is 0 Å². The quantitative estimate of drug-likeness (QED) is 0.691. The van der Waals surface area contributed by atoms with Crippen molar-refractivity contribution in [3.05, 3.63) is 23.8 Å². The Labute approximate surface area is 78.8 Å². The molecule has 0 saturated carbocycles. The summed E-state index contributed by atoms with van der Waals surface area (Å²) in [5.41, 5.74) is 2.86. The van der Waals surface area contributed by atoms with Gasteiger partial charge in [0.1, 0.15) is 0 Å². The van der Waals surface area contributed by atoms with Crippen molar-refractivity contribution >= 4 is 22.6 Å². The molecule has 0 fully saturated rings. The van der Waals surface area contributed by atoms with Crippen LogP contribution in [0.25, 0.3) is 0 Å². The lowest BCUT2D eigenvalue weighted by Crippen LogP contribution is -2.02.